The van der Waals surface area contributed by atoms with E-state index < -0.39 is 0 Å². The van der Waals surface area contributed by atoms with Crippen molar-refractivity contribution >= 4 is 21.4 Å². The molecule has 2 aromatic heterocycles. The first-order chi connectivity index (χ1) is 9.29. The van der Waals surface area contributed by atoms with E-state index in [1.165, 1.54) is 15.6 Å². The van der Waals surface area contributed by atoms with Crippen LogP contribution in [0.25, 0.3) is 10.1 Å². The highest BCUT2D eigenvalue weighted by Crippen LogP contribution is 2.30. The van der Waals surface area contributed by atoms with Crippen LogP contribution in [0.3, 0.4) is 0 Å². The van der Waals surface area contributed by atoms with Gasteiger partial charge in [-0.2, -0.15) is 0 Å². The van der Waals surface area contributed by atoms with E-state index in [0.29, 0.717) is 0 Å². The Morgan fingerprint density at radius 3 is 3.05 bits per heavy atom. The molecule has 1 unspecified atom stereocenters. The van der Waals surface area contributed by atoms with Crippen LogP contribution in [0.2, 0.25) is 0 Å². The Balaban J connectivity index is 1.90. The quantitative estimate of drug-likeness (QED) is 0.790. The highest BCUT2D eigenvalue weighted by atomic mass is 32.1. The van der Waals surface area contributed by atoms with Crippen LogP contribution in [0.1, 0.15) is 24.4 Å². The number of nitrogens with two attached hydrogens (primary N) is 1. The fourth-order valence-corrected chi connectivity index (χ4v) is 3.44. The summed E-state index contributed by atoms with van der Waals surface area (Å²) in [4.78, 5) is 4.40. The normalized spacial score (nSPS) is 12.9. The SMILES string of the molecule is CCn1ccnc1CC(N)c1csc2ccccc12. The van der Waals surface area contributed by atoms with Crippen LogP contribution >= 0.6 is 11.3 Å². The van der Waals surface area contributed by atoms with Crippen LogP contribution in [-0.4, -0.2) is 9.55 Å². The van der Waals surface area contributed by atoms with Crippen LogP contribution in [0.5, 0.6) is 0 Å². The molecule has 0 fully saturated rings. The van der Waals surface area contributed by atoms with Gasteiger partial charge in [0.2, 0.25) is 0 Å². The molecule has 0 aliphatic rings. The van der Waals surface area contributed by atoms with E-state index in [0.717, 1.165) is 18.8 Å². The maximum Gasteiger partial charge on any atom is 0.110 e. The van der Waals surface area contributed by atoms with Crippen LogP contribution in [0.4, 0.5) is 0 Å². The zero-order valence-electron chi connectivity index (χ0n) is 10.9. The maximum atomic E-state index is 6.37. The number of nitrogens with zero attached hydrogens (tertiary/aromatic N) is 2. The third-order valence-electron chi connectivity index (χ3n) is 3.46. The number of fused-ring (bicyclic) bond motifs is 1. The van der Waals surface area contributed by atoms with Crippen molar-refractivity contribution in [3.05, 3.63) is 53.4 Å². The van der Waals surface area contributed by atoms with Gasteiger partial charge in [0.25, 0.3) is 0 Å². The zero-order valence-corrected chi connectivity index (χ0v) is 11.7. The van der Waals surface area contributed by atoms with Crippen molar-refractivity contribution < 1.29 is 0 Å². The van der Waals surface area contributed by atoms with Gasteiger partial charge in [0.1, 0.15) is 5.82 Å². The second-order valence-corrected chi connectivity index (χ2v) is 5.54. The summed E-state index contributed by atoms with van der Waals surface area (Å²) < 4.78 is 3.45. The van der Waals surface area contributed by atoms with E-state index in [4.69, 9.17) is 5.73 Å². The predicted molar refractivity (Wildman–Crippen MR) is 80.4 cm³/mol. The van der Waals surface area contributed by atoms with Gasteiger partial charge in [0.05, 0.1) is 0 Å². The van der Waals surface area contributed by atoms with Gasteiger partial charge >= 0.3 is 0 Å². The molecule has 1 aromatic carbocycles. The highest BCUT2D eigenvalue weighted by molar-refractivity contribution is 7.17. The van der Waals surface area contributed by atoms with Crippen LogP contribution in [-0.2, 0) is 13.0 Å². The Hall–Kier alpha value is -1.65. The molecular weight excluding hydrogens is 254 g/mol. The minimum absolute atomic E-state index is 0.00356. The van der Waals surface area contributed by atoms with Gasteiger partial charge in [-0.15, -0.1) is 11.3 Å². The largest absolute Gasteiger partial charge is 0.335 e. The summed E-state index contributed by atoms with van der Waals surface area (Å²) in [6.45, 7) is 3.06. The van der Waals surface area contributed by atoms with E-state index in [9.17, 15) is 0 Å². The van der Waals surface area contributed by atoms with E-state index in [2.05, 4.69) is 46.1 Å². The Bertz CT molecular complexity index is 683. The lowest BCUT2D eigenvalue weighted by Crippen LogP contribution is -2.16. The van der Waals surface area contributed by atoms with Gasteiger partial charge in [-0.25, -0.2) is 4.98 Å². The summed E-state index contributed by atoms with van der Waals surface area (Å²) in [6, 6.07) is 8.43. The van der Waals surface area contributed by atoms with E-state index in [1.54, 1.807) is 11.3 Å². The monoisotopic (exact) mass is 271 g/mol. The smallest absolute Gasteiger partial charge is 0.110 e. The summed E-state index contributed by atoms with van der Waals surface area (Å²) in [7, 11) is 0. The fourth-order valence-electron chi connectivity index (χ4n) is 2.41. The molecule has 19 heavy (non-hydrogen) atoms. The van der Waals surface area contributed by atoms with Gasteiger partial charge < -0.3 is 10.3 Å². The van der Waals surface area contributed by atoms with E-state index in [1.807, 2.05) is 12.4 Å². The van der Waals surface area contributed by atoms with Gasteiger partial charge in [-0.1, -0.05) is 18.2 Å². The zero-order chi connectivity index (χ0) is 13.2. The van der Waals surface area contributed by atoms with Gasteiger partial charge in [-0.3, -0.25) is 0 Å². The number of hydrogen-bond acceptors (Lipinski definition) is 3. The molecular formula is C15H17N3S. The minimum Gasteiger partial charge on any atom is -0.335 e. The minimum atomic E-state index is 0.00356. The molecule has 0 amide bonds. The van der Waals surface area contributed by atoms with Crippen LogP contribution in [0, 0.1) is 0 Å². The summed E-state index contributed by atoms with van der Waals surface area (Å²) in [5.41, 5.74) is 7.60. The van der Waals surface area contributed by atoms with Crippen LogP contribution in [0.15, 0.2) is 42.0 Å². The number of benzene rings is 1. The van der Waals surface area contributed by atoms with E-state index in [-0.39, 0.29) is 6.04 Å². The first-order valence-electron chi connectivity index (χ1n) is 6.51. The lowest BCUT2D eigenvalue weighted by Gasteiger charge is -2.12. The number of aromatic nitrogens is 2. The standard InChI is InChI=1S/C15H17N3S/c1-2-18-8-7-17-15(18)9-13(16)12-10-19-14-6-4-3-5-11(12)14/h3-8,10,13H,2,9,16H2,1H3. The number of imidazole rings is 1. The molecule has 98 valence electrons. The summed E-state index contributed by atoms with van der Waals surface area (Å²) >= 11 is 1.76. The number of hydrogen-bond donors (Lipinski definition) is 1. The molecule has 0 saturated carbocycles. The molecule has 1 atom stereocenters. The molecule has 0 bridgehead atoms. The van der Waals surface area contributed by atoms with Crippen molar-refractivity contribution in [2.75, 3.05) is 0 Å². The van der Waals surface area contributed by atoms with Crippen molar-refractivity contribution in [1.82, 2.24) is 9.55 Å². The first kappa shape index (κ1) is 12.4. The Kier molecular flexibility index (Phi) is 3.36. The summed E-state index contributed by atoms with van der Waals surface area (Å²) in [5, 5.41) is 3.45. The predicted octanol–water partition coefficient (Wildman–Crippen LogP) is 3.36. The maximum absolute atomic E-state index is 6.37. The molecule has 2 N–H and O–H groups in total. The van der Waals surface area contributed by atoms with Crippen molar-refractivity contribution in [1.29, 1.82) is 0 Å². The van der Waals surface area contributed by atoms with Crippen molar-refractivity contribution in [3.8, 4) is 0 Å². The third kappa shape index (κ3) is 2.29. The number of aryl methyl sites for hydroxylation is 1. The van der Waals surface area contributed by atoms with Gasteiger partial charge in [-0.05, 0) is 29.3 Å². The average molecular weight is 271 g/mol. The third-order valence-corrected chi connectivity index (χ3v) is 4.44. The molecule has 0 radical (unpaired) electrons. The first-order valence-corrected chi connectivity index (χ1v) is 7.39. The van der Waals surface area contributed by atoms with Crippen molar-refractivity contribution in [3.63, 3.8) is 0 Å². The van der Waals surface area contributed by atoms with E-state index >= 15 is 0 Å². The van der Waals surface area contributed by atoms with Crippen molar-refractivity contribution in [2.24, 2.45) is 5.73 Å². The fraction of sp³-hybridized carbons (Fsp3) is 0.267. The highest BCUT2D eigenvalue weighted by Gasteiger charge is 2.14. The summed E-state index contributed by atoms with van der Waals surface area (Å²) in [6.07, 6.45) is 4.63. The van der Waals surface area contributed by atoms with Gasteiger partial charge in [0, 0.05) is 36.1 Å². The average Bonchev–Trinajstić information content (AvgIpc) is 3.04. The Morgan fingerprint density at radius 2 is 2.21 bits per heavy atom. The molecule has 3 rings (SSSR count). The number of thiophene rings is 1. The molecule has 0 aliphatic carbocycles. The topological polar surface area (TPSA) is 43.8 Å². The summed E-state index contributed by atoms with van der Waals surface area (Å²) in [5.74, 6) is 1.06. The molecule has 4 heteroatoms. The molecule has 2 heterocycles. The molecule has 0 spiro atoms. The van der Waals surface area contributed by atoms with Gasteiger partial charge in [0.15, 0.2) is 0 Å². The lowest BCUT2D eigenvalue weighted by molar-refractivity contribution is 0.631. The Morgan fingerprint density at radius 1 is 1.37 bits per heavy atom. The molecule has 0 aliphatic heterocycles. The molecule has 0 saturated heterocycles. The molecule has 3 aromatic rings. The second kappa shape index (κ2) is 5.15. The second-order valence-electron chi connectivity index (χ2n) is 4.63. The number of rotatable bonds is 4. The molecule has 3 nitrogen and oxygen atoms in total. The van der Waals surface area contributed by atoms with Crippen LogP contribution < -0.4 is 5.73 Å². The Labute approximate surface area is 116 Å². The lowest BCUT2D eigenvalue weighted by atomic mass is 10.0. The van der Waals surface area contributed by atoms with Crippen molar-refractivity contribution in [2.45, 2.75) is 25.9 Å².